The Morgan fingerprint density at radius 2 is 2.22 bits per heavy atom. The molecule has 1 aromatic carbocycles. The average Bonchev–Trinajstić information content (AvgIpc) is 2.37. The molecule has 0 bridgehead atoms. The molecule has 0 radical (unpaired) electrons. The number of carbonyl (C=O) groups is 1. The predicted octanol–water partition coefficient (Wildman–Crippen LogP) is 3.51. The van der Waals surface area contributed by atoms with Crippen LogP contribution in [0.4, 0.5) is 4.39 Å². The van der Waals surface area contributed by atoms with Gasteiger partial charge in [0.25, 0.3) is 5.91 Å². The lowest BCUT2D eigenvalue weighted by Crippen LogP contribution is -2.17. The highest BCUT2D eigenvalue weighted by molar-refractivity contribution is 5.94. The predicted molar refractivity (Wildman–Crippen MR) is 71.1 cm³/mol. The molecule has 0 saturated carbocycles. The standard InChI is InChI=1S/C14H19FN2O/c1-2-3-4-5-6-10-16-17-14(18)12-8-7-9-13(15)11-12/h7-11H,2-6H2,1H3,(H,17,18)/b16-10-. The molecule has 0 atom stereocenters. The zero-order chi connectivity index (χ0) is 13.2. The molecule has 0 spiro atoms. The van der Waals surface area contributed by atoms with Gasteiger partial charge in [-0.05, 0) is 31.0 Å². The number of nitrogens with one attached hydrogen (secondary N) is 1. The first kappa shape index (κ1) is 14.4. The van der Waals surface area contributed by atoms with Gasteiger partial charge in [0.05, 0.1) is 0 Å². The summed E-state index contributed by atoms with van der Waals surface area (Å²) in [4.78, 5) is 11.5. The zero-order valence-corrected chi connectivity index (χ0v) is 10.7. The van der Waals surface area contributed by atoms with E-state index in [1.165, 1.54) is 37.5 Å². The van der Waals surface area contributed by atoms with E-state index < -0.39 is 5.82 Å². The quantitative estimate of drug-likeness (QED) is 0.449. The fraction of sp³-hybridized carbons (Fsp3) is 0.429. The maximum atomic E-state index is 12.9. The summed E-state index contributed by atoms with van der Waals surface area (Å²) >= 11 is 0. The van der Waals surface area contributed by atoms with Crippen molar-refractivity contribution in [3.05, 3.63) is 35.6 Å². The maximum absolute atomic E-state index is 12.9. The van der Waals surface area contributed by atoms with E-state index in [0.29, 0.717) is 0 Å². The molecule has 1 amide bonds. The molecule has 0 heterocycles. The zero-order valence-electron chi connectivity index (χ0n) is 10.7. The second-order valence-electron chi connectivity index (χ2n) is 4.11. The lowest BCUT2D eigenvalue weighted by molar-refractivity contribution is 0.0954. The molecular formula is C14H19FN2O. The van der Waals surface area contributed by atoms with Crippen molar-refractivity contribution in [2.45, 2.75) is 39.0 Å². The van der Waals surface area contributed by atoms with E-state index >= 15 is 0 Å². The van der Waals surface area contributed by atoms with E-state index in [1.807, 2.05) is 0 Å². The molecule has 98 valence electrons. The van der Waals surface area contributed by atoms with Crippen molar-refractivity contribution >= 4 is 12.1 Å². The average molecular weight is 250 g/mol. The highest BCUT2D eigenvalue weighted by Gasteiger charge is 2.03. The number of rotatable bonds is 7. The number of hydrazone groups is 1. The highest BCUT2D eigenvalue weighted by Crippen LogP contribution is 2.03. The molecule has 0 aliphatic heterocycles. The first-order valence-corrected chi connectivity index (χ1v) is 6.31. The Morgan fingerprint density at radius 1 is 1.39 bits per heavy atom. The summed E-state index contributed by atoms with van der Waals surface area (Å²) in [5.41, 5.74) is 2.66. The van der Waals surface area contributed by atoms with E-state index in [0.717, 1.165) is 12.8 Å². The number of halogens is 1. The minimum Gasteiger partial charge on any atom is -0.267 e. The molecule has 0 aliphatic rings. The van der Waals surface area contributed by atoms with Crippen molar-refractivity contribution in [1.29, 1.82) is 0 Å². The number of carbonyl (C=O) groups excluding carboxylic acids is 1. The molecule has 0 fully saturated rings. The van der Waals surface area contributed by atoms with Gasteiger partial charge in [0.1, 0.15) is 5.82 Å². The first-order chi connectivity index (χ1) is 8.74. The lowest BCUT2D eigenvalue weighted by atomic mass is 10.2. The molecule has 4 heteroatoms. The minimum absolute atomic E-state index is 0.276. The van der Waals surface area contributed by atoms with Gasteiger partial charge in [0, 0.05) is 11.8 Å². The Kier molecular flexibility index (Phi) is 6.69. The molecule has 1 N–H and O–H groups in total. The van der Waals surface area contributed by atoms with Crippen molar-refractivity contribution in [2.75, 3.05) is 0 Å². The van der Waals surface area contributed by atoms with Crippen LogP contribution >= 0.6 is 0 Å². The molecule has 0 unspecified atom stereocenters. The van der Waals surface area contributed by atoms with Gasteiger partial charge in [0.15, 0.2) is 0 Å². The molecule has 3 nitrogen and oxygen atoms in total. The largest absolute Gasteiger partial charge is 0.271 e. The summed E-state index contributed by atoms with van der Waals surface area (Å²) in [6.07, 6.45) is 7.22. The summed E-state index contributed by atoms with van der Waals surface area (Å²) in [5.74, 6) is -0.814. The monoisotopic (exact) mass is 250 g/mol. The number of hydrogen-bond acceptors (Lipinski definition) is 2. The van der Waals surface area contributed by atoms with Gasteiger partial charge in [-0.1, -0.05) is 32.3 Å². The molecule has 1 aromatic rings. The summed E-state index contributed by atoms with van der Waals surface area (Å²) in [7, 11) is 0. The van der Waals surface area contributed by atoms with Crippen LogP contribution in [0.25, 0.3) is 0 Å². The van der Waals surface area contributed by atoms with Crippen molar-refractivity contribution in [2.24, 2.45) is 5.10 Å². The van der Waals surface area contributed by atoms with Gasteiger partial charge >= 0.3 is 0 Å². The topological polar surface area (TPSA) is 41.5 Å². The van der Waals surface area contributed by atoms with Crippen molar-refractivity contribution in [3.8, 4) is 0 Å². The fourth-order valence-corrected chi connectivity index (χ4v) is 1.53. The van der Waals surface area contributed by atoms with Crippen molar-refractivity contribution in [1.82, 2.24) is 5.43 Å². The van der Waals surface area contributed by atoms with E-state index in [9.17, 15) is 9.18 Å². The van der Waals surface area contributed by atoms with Crippen molar-refractivity contribution in [3.63, 3.8) is 0 Å². The lowest BCUT2D eigenvalue weighted by Gasteiger charge is -1.99. The van der Waals surface area contributed by atoms with Crippen LogP contribution in [0.1, 0.15) is 49.4 Å². The third kappa shape index (κ3) is 5.57. The normalized spacial score (nSPS) is 10.8. The van der Waals surface area contributed by atoms with E-state index in [1.54, 1.807) is 12.3 Å². The molecular weight excluding hydrogens is 231 g/mol. The second-order valence-corrected chi connectivity index (χ2v) is 4.11. The summed E-state index contributed by atoms with van der Waals surface area (Å²) in [6.45, 7) is 2.16. The Labute approximate surface area is 107 Å². The van der Waals surface area contributed by atoms with Crippen LogP contribution in [0.5, 0.6) is 0 Å². The smallest absolute Gasteiger partial charge is 0.267 e. The van der Waals surface area contributed by atoms with Gasteiger partial charge in [-0.3, -0.25) is 4.79 Å². The Balaban J connectivity index is 2.26. The maximum Gasteiger partial charge on any atom is 0.271 e. The van der Waals surface area contributed by atoms with Crippen LogP contribution in [0.3, 0.4) is 0 Å². The van der Waals surface area contributed by atoms with Crippen LogP contribution in [-0.4, -0.2) is 12.1 Å². The third-order valence-electron chi connectivity index (χ3n) is 2.53. The molecule has 0 aromatic heterocycles. The van der Waals surface area contributed by atoms with E-state index in [4.69, 9.17) is 0 Å². The van der Waals surface area contributed by atoms with Crippen LogP contribution in [0, 0.1) is 5.82 Å². The molecule has 18 heavy (non-hydrogen) atoms. The Bertz CT molecular complexity index is 405. The van der Waals surface area contributed by atoms with Crippen LogP contribution in [0.2, 0.25) is 0 Å². The number of hydrogen-bond donors (Lipinski definition) is 1. The van der Waals surface area contributed by atoms with Gasteiger partial charge in [-0.25, -0.2) is 9.82 Å². The summed E-state index contributed by atoms with van der Waals surface area (Å²) in [6, 6.07) is 5.54. The van der Waals surface area contributed by atoms with Crippen LogP contribution in [0.15, 0.2) is 29.4 Å². The number of benzene rings is 1. The van der Waals surface area contributed by atoms with Gasteiger partial charge in [-0.15, -0.1) is 0 Å². The molecule has 1 rings (SSSR count). The summed E-state index contributed by atoms with van der Waals surface area (Å²) in [5, 5.41) is 3.83. The van der Waals surface area contributed by atoms with E-state index in [-0.39, 0.29) is 11.5 Å². The van der Waals surface area contributed by atoms with E-state index in [2.05, 4.69) is 17.5 Å². The highest BCUT2D eigenvalue weighted by atomic mass is 19.1. The van der Waals surface area contributed by atoms with Crippen LogP contribution in [-0.2, 0) is 0 Å². The Morgan fingerprint density at radius 3 is 2.94 bits per heavy atom. The minimum atomic E-state index is -0.425. The fourth-order valence-electron chi connectivity index (χ4n) is 1.53. The van der Waals surface area contributed by atoms with Gasteiger partial charge in [-0.2, -0.15) is 5.10 Å². The summed E-state index contributed by atoms with van der Waals surface area (Å²) < 4.78 is 12.9. The number of nitrogens with zero attached hydrogens (tertiary/aromatic N) is 1. The first-order valence-electron chi connectivity index (χ1n) is 6.31. The third-order valence-corrected chi connectivity index (χ3v) is 2.53. The number of unbranched alkanes of at least 4 members (excludes halogenated alkanes) is 4. The van der Waals surface area contributed by atoms with Gasteiger partial charge < -0.3 is 0 Å². The SMILES string of the molecule is CCCCCC/C=N\NC(=O)c1cccc(F)c1. The second kappa shape index (κ2) is 8.39. The number of amides is 1. The van der Waals surface area contributed by atoms with Gasteiger partial charge in [0.2, 0.25) is 0 Å². The van der Waals surface area contributed by atoms with Crippen molar-refractivity contribution < 1.29 is 9.18 Å². The Hall–Kier alpha value is -1.71. The van der Waals surface area contributed by atoms with Crippen LogP contribution < -0.4 is 5.43 Å². The molecule has 0 aliphatic carbocycles. The molecule has 0 saturated heterocycles.